The van der Waals surface area contributed by atoms with Gasteiger partial charge in [0.05, 0.1) is 11.8 Å². The fraction of sp³-hybridized carbons (Fsp3) is 0.579. The van der Waals surface area contributed by atoms with E-state index in [4.69, 9.17) is 25.9 Å². The van der Waals surface area contributed by atoms with Gasteiger partial charge >= 0.3 is 0 Å². The molecular formula is C19H27N5O2. The van der Waals surface area contributed by atoms with E-state index in [0.717, 1.165) is 56.6 Å². The molecule has 0 amide bonds. The van der Waals surface area contributed by atoms with Crippen molar-refractivity contribution in [2.75, 3.05) is 18.1 Å². The summed E-state index contributed by atoms with van der Waals surface area (Å²) in [6.07, 6.45) is 7.51. The molecule has 0 aromatic heterocycles. The highest BCUT2D eigenvalue weighted by Gasteiger charge is 2.43. The van der Waals surface area contributed by atoms with Crippen LogP contribution in [0, 0.1) is 0 Å². The molecule has 1 aromatic carbocycles. The Bertz CT molecular complexity index is 706. The molecule has 4 rings (SSSR count). The summed E-state index contributed by atoms with van der Waals surface area (Å²) in [6.45, 7) is 1.36. The van der Waals surface area contributed by atoms with Crippen molar-refractivity contribution < 1.29 is 9.47 Å². The van der Waals surface area contributed by atoms with Crippen LogP contribution in [0.15, 0.2) is 34.3 Å². The zero-order valence-corrected chi connectivity index (χ0v) is 15.1. The first-order valence-corrected chi connectivity index (χ1v) is 9.51. The first kappa shape index (κ1) is 17.1. The molecule has 26 heavy (non-hydrogen) atoms. The largest absolute Gasteiger partial charge is 0.489 e. The second-order valence-corrected chi connectivity index (χ2v) is 7.23. The lowest BCUT2D eigenvalue weighted by Gasteiger charge is -2.45. The average Bonchev–Trinajstić information content (AvgIpc) is 3.14. The van der Waals surface area contributed by atoms with Crippen LogP contribution in [0.2, 0.25) is 0 Å². The lowest BCUT2D eigenvalue weighted by Crippen LogP contribution is -2.58. The molecule has 140 valence electrons. The van der Waals surface area contributed by atoms with E-state index < -0.39 is 5.66 Å². The summed E-state index contributed by atoms with van der Waals surface area (Å²) < 4.78 is 11.8. The summed E-state index contributed by atoms with van der Waals surface area (Å²) in [5.41, 5.74) is 12.7. The molecule has 7 nitrogen and oxygen atoms in total. The molecule has 0 bridgehead atoms. The number of ether oxygens (including phenoxy) is 2. The van der Waals surface area contributed by atoms with Crippen LogP contribution in [0.3, 0.4) is 0 Å². The number of nitrogens with two attached hydrogens (primary N) is 2. The maximum Gasteiger partial charge on any atom is 0.220 e. The Balaban J connectivity index is 1.65. The van der Waals surface area contributed by atoms with E-state index in [9.17, 15) is 0 Å². The average molecular weight is 357 g/mol. The van der Waals surface area contributed by atoms with Crippen LogP contribution >= 0.6 is 0 Å². The molecule has 1 saturated carbocycles. The summed E-state index contributed by atoms with van der Waals surface area (Å²) in [5.74, 6) is 1.42. The van der Waals surface area contributed by atoms with Crippen LogP contribution in [0.25, 0.3) is 0 Å². The molecule has 3 aliphatic rings. The van der Waals surface area contributed by atoms with Crippen molar-refractivity contribution >= 4 is 17.6 Å². The summed E-state index contributed by atoms with van der Waals surface area (Å²) in [7, 11) is 0. The van der Waals surface area contributed by atoms with E-state index in [1.54, 1.807) is 0 Å². The maximum absolute atomic E-state index is 6.33. The number of guanidine groups is 2. The molecule has 1 aliphatic carbocycles. The Morgan fingerprint density at radius 2 is 1.96 bits per heavy atom. The number of hydrogen-bond donors (Lipinski definition) is 2. The summed E-state index contributed by atoms with van der Waals surface area (Å²) >= 11 is 0. The second-order valence-electron chi connectivity index (χ2n) is 7.23. The van der Waals surface area contributed by atoms with E-state index >= 15 is 0 Å². The van der Waals surface area contributed by atoms with Crippen LogP contribution in [0.1, 0.15) is 44.9 Å². The highest BCUT2D eigenvalue weighted by molar-refractivity contribution is 6.06. The van der Waals surface area contributed by atoms with Gasteiger partial charge in [0.2, 0.25) is 11.9 Å². The molecule has 1 spiro atoms. The monoisotopic (exact) mass is 357 g/mol. The first-order chi connectivity index (χ1) is 12.7. The lowest BCUT2D eigenvalue weighted by atomic mass is 9.87. The summed E-state index contributed by atoms with van der Waals surface area (Å²) in [4.78, 5) is 11.0. The number of anilines is 1. The Labute approximate surface area is 154 Å². The minimum Gasteiger partial charge on any atom is -0.489 e. The molecular weight excluding hydrogens is 330 g/mol. The zero-order valence-electron chi connectivity index (χ0n) is 15.1. The molecule has 1 unspecified atom stereocenters. The van der Waals surface area contributed by atoms with Crippen molar-refractivity contribution in [2.24, 2.45) is 21.5 Å². The van der Waals surface area contributed by atoms with Crippen molar-refractivity contribution in [3.8, 4) is 5.75 Å². The van der Waals surface area contributed by atoms with Gasteiger partial charge < -0.3 is 20.9 Å². The van der Waals surface area contributed by atoms with Crippen molar-refractivity contribution in [1.82, 2.24) is 0 Å². The van der Waals surface area contributed by atoms with Crippen molar-refractivity contribution in [2.45, 2.75) is 56.7 Å². The van der Waals surface area contributed by atoms with Crippen LogP contribution in [-0.2, 0) is 4.74 Å². The normalized spacial score (nSPS) is 25.1. The summed E-state index contributed by atoms with van der Waals surface area (Å²) in [5, 5.41) is 0. The Morgan fingerprint density at radius 1 is 1.15 bits per heavy atom. The third-order valence-corrected chi connectivity index (χ3v) is 5.41. The fourth-order valence-corrected chi connectivity index (χ4v) is 4.19. The van der Waals surface area contributed by atoms with Gasteiger partial charge in [-0.2, -0.15) is 4.99 Å². The predicted molar refractivity (Wildman–Crippen MR) is 102 cm³/mol. The van der Waals surface area contributed by atoms with Crippen LogP contribution < -0.4 is 21.1 Å². The number of para-hydroxylation sites is 2. The molecule has 2 heterocycles. The van der Waals surface area contributed by atoms with Gasteiger partial charge in [-0.1, -0.05) is 18.6 Å². The molecule has 2 fully saturated rings. The van der Waals surface area contributed by atoms with Crippen molar-refractivity contribution in [3.05, 3.63) is 24.3 Å². The standard InChI is InChI=1S/C19H27N5O2/c20-17-22-18(21)24(19(23-17)10-4-1-5-11-19)15-8-2-3-9-16(15)26-13-14-7-6-12-25-14/h2-3,8-9,14H,1,4-7,10-13H2,(H4,20,21,22,23). The third-order valence-electron chi connectivity index (χ3n) is 5.41. The predicted octanol–water partition coefficient (Wildman–Crippen LogP) is 2.35. The van der Waals surface area contributed by atoms with Gasteiger partial charge in [0, 0.05) is 6.61 Å². The number of nitrogens with zero attached hydrogens (tertiary/aromatic N) is 3. The Morgan fingerprint density at radius 3 is 2.73 bits per heavy atom. The lowest BCUT2D eigenvalue weighted by molar-refractivity contribution is 0.0680. The van der Waals surface area contributed by atoms with Crippen molar-refractivity contribution in [1.29, 1.82) is 0 Å². The van der Waals surface area contributed by atoms with Crippen molar-refractivity contribution in [3.63, 3.8) is 0 Å². The molecule has 1 aromatic rings. The molecule has 7 heteroatoms. The molecule has 4 N–H and O–H groups in total. The zero-order chi connectivity index (χ0) is 18.0. The van der Waals surface area contributed by atoms with Gasteiger partial charge in [-0.15, -0.1) is 0 Å². The van der Waals surface area contributed by atoms with Gasteiger partial charge in [-0.25, -0.2) is 4.99 Å². The van der Waals surface area contributed by atoms with E-state index in [-0.39, 0.29) is 12.1 Å². The van der Waals surface area contributed by atoms with Crippen LogP contribution in [0.5, 0.6) is 5.75 Å². The second kappa shape index (κ2) is 7.15. The van der Waals surface area contributed by atoms with Gasteiger partial charge in [0.1, 0.15) is 18.0 Å². The van der Waals surface area contributed by atoms with E-state index in [0.29, 0.717) is 12.6 Å². The Kier molecular flexibility index (Phi) is 4.72. The van der Waals surface area contributed by atoms with Gasteiger partial charge in [0.25, 0.3) is 0 Å². The highest BCUT2D eigenvalue weighted by atomic mass is 16.5. The third kappa shape index (κ3) is 3.23. The quantitative estimate of drug-likeness (QED) is 0.862. The summed E-state index contributed by atoms with van der Waals surface area (Å²) in [6, 6.07) is 7.94. The van der Waals surface area contributed by atoms with Gasteiger partial charge in [-0.3, -0.25) is 4.90 Å². The van der Waals surface area contributed by atoms with Gasteiger partial charge in [0.15, 0.2) is 0 Å². The fourth-order valence-electron chi connectivity index (χ4n) is 4.19. The topological polar surface area (TPSA) is 98.5 Å². The van der Waals surface area contributed by atoms with E-state index in [2.05, 4.69) is 4.99 Å². The Hall–Kier alpha value is -2.28. The molecule has 0 radical (unpaired) electrons. The molecule has 2 aliphatic heterocycles. The minimum atomic E-state index is -0.461. The smallest absolute Gasteiger partial charge is 0.220 e. The van der Waals surface area contributed by atoms with Gasteiger partial charge in [-0.05, 0) is 50.7 Å². The highest BCUT2D eigenvalue weighted by Crippen LogP contribution is 2.42. The minimum absolute atomic E-state index is 0.160. The van der Waals surface area contributed by atoms with E-state index in [1.165, 1.54) is 6.42 Å². The maximum atomic E-state index is 6.33. The van der Waals surface area contributed by atoms with Crippen LogP contribution in [0.4, 0.5) is 5.69 Å². The number of aliphatic imine (C=N–C) groups is 2. The van der Waals surface area contributed by atoms with Crippen LogP contribution in [-0.4, -0.2) is 36.9 Å². The molecule has 1 saturated heterocycles. The number of benzene rings is 1. The number of rotatable bonds is 4. The molecule has 1 atom stereocenters. The first-order valence-electron chi connectivity index (χ1n) is 9.51. The van der Waals surface area contributed by atoms with E-state index in [1.807, 2.05) is 29.2 Å². The number of hydrogen-bond acceptors (Lipinski definition) is 7. The SMILES string of the molecule is NC1=NC2(CCCCC2)N(c2ccccc2OCC2CCCO2)C(N)=N1.